The summed E-state index contributed by atoms with van der Waals surface area (Å²) in [5, 5.41) is 17.7. The Labute approximate surface area is 126 Å². The summed E-state index contributed by atoms with van der Waals surface area (Å²) in [7, 11) is 0. The molecule has 1 aromatic carbocycles. The first-order chi connectivity index (χ1) is 10.1. The van der Waals surface area contributed by atoms with Crippen LogP contribution in [-0.4, -0.2) is 24.9 Å². The van der Waals surface area contributed by atoms with Gasteiger partial charge in [-0.3, -0.25) is 4.57 Å². The fraction of sp³-hybridized carbons (Fsp3) is 0.133. The first kappa shape index (κ1) is 13.6. The van der Waals surface area contributed by atoms with E-state index in [1.165, 1.54) is 0 Å². The maximum atomic E-state index is 9.71. The van der Waals surface area contributed by atoms with Gasteiger partial charge in [0.2, 0.25) is 0 Å². The monoisotopic (exact) mass is 300 g/mol. The molecule has 0 radical (unpaired) electrons. The van der Waals surface area contributed by atoms with Crippen molar-refractivity contribution < 1.29 is 5.11 Å². The third kappa shape index (κ3) is 2.48. The number of rotatable bonds is 2. The van der Waals surface area contributed by atoms with Crippen molar-refractivity contribution in [2.45, 2.75) is 13.8 Å². The number of aryl methyl sites for hydroxylation is 2. The van der Waals surface area contributed by atoms with Crippen molar-refractivity contribution in [3.63, 3.8) is 0 Å². The fourth-order valence-corrected chi connectivity index (χ4v) is 2.40. The molecule has 2 heterocycles. The summed E-state index contributed by atoms with van der Waals surface area (Å²) < 4.78 is 1.75. The number of aromatic nitrogens is 4. The van der Waals surface area contributed by atoms with Crippen molar-refractivity contribution in [3.05, 3.63) is 53.2 Å². The summed E-state index contributed by atoms with van der Waals surface area (Å²) in [6, 6.07) is 5.42. The molecule has 106 valence electrons. The van der Waals surface area contributed by atoms with E-state index in [-0.39, 0.29) is 5.75 Å². The first-order valence-electron chi connectivity index (χ1n) is 6.37. The van der Waals surface area contributed by atoms with Gasteiger partial charge in [0, 0.05) is 11.8 Å². The summed E-state index contributed by atoms with van der Waals surface area (Å²) in [5.41, 5.74) is 3.77. The average Bonchev–Trinajstić information content (AvgIpc) is 2.97. The van der Waals surface area contributed by atoms with Crippen molar-refractivity contribution in [1.82, 2.24) is 19.7 Å². The Balaban J connectivity index is 2.27. The van der Waals surface area contributed by atoms with Gasteiger partial charge in [-0.1, -0.05) is 11.6 Å². The van der Waals surface area contributed by atoms with Gasteiger partial charge in [-0.05, 0) is 48.7 Å². The zero-order chi connectivity index (χ0) is 15.0. The Kier molecular flexibility index (Phi) is 3.35. The van der Waals surface area contributed by atoms with Crippen molar-refractivity contribution >= 4 is 11.6 Å². The minimum absolute atomic E-state index is 0.0735. The van der Waals surface area contributed by atoms with E-state index in [9.17, 15) is 5.11 Å². The normalized spacial score (nSPS) is 10.8. The summed E-state index contributed by atoms with van der Waals surface area (Å²) >= 11 is 6.05. The molecule has 0 aliphatic heterocycles. The second kappa shape index (κ2) is 5.18. The molecule has 0 amide bonds. The highest BCUT2D eigenvalue weighted by Gasteiger charge is 2.13. The Morgan fingerprint density at radius 1 is 1.05 bits per heavy atom. The average molecular weight is 301 g/mol. The van der Waals surface area contributed by atoms with Crippen molar-refractivity contribution in [2.75, 3.05) is 0 Å². The molecular formula is C15H13ClN4O. The summed E-state index contributed by atoms with van der Waals surface area (Å²) in [4.78, 5) is 4.47. The molecule has 3 rings (SSSR count). The predicted octanol–water partition coefficient (Wildman–Crippen LogP) is 3.31. The summed E-state index contributed by atoms with van der Waals surface area (Å²) in [5.74, 6) is 0.792. The molecule has 2 aromatic heterocycles. The van der Waals surface area contributed by atoms with Gasteiger partial charge in [0.25, 0.3) is 0 Å². The van der Waals surface area contributed by atoms with Crippen LogP contribution in [0.2, 0.25) is 5.02 Å². The highest BCUT2D eigenvalue weighted by molar-refractivity contribution is 6.32. The quantitative estimate of drug-likeness (QED) is 0.788. The number of benzene rings is 1. The Hall–Kier alpha value is -2.40. The van der Waals surface area contributed by atoms with Crippen LogP contribution in [0, 0.1) is 13.8 Å². The lowest BCUT2D eigenvalue weighted by Gasteiger charge is -2.13. The van der Waals surface area contributed by atoms with Crippen LogP contribution in [0.3, 0.4) is 0 Å². The van der Waals surface area contributed by atoms with Gasteiger partial charge in [-0.15, -0.1) is 10.2 Å². The molecule has 0 saturated heterocycles. The first-order valence-corrected chi connectivity index (χ1v) is 6.75. The largest absolute Gasteiger partial charge is 0.506 e. The number of nitrogens with zero attached hydrogens (tertiary/aromatic N) is 4. The van der Waals surface area contributed by atoms with Crippen LogP contribution in [0.4, 0.5) is 0 Å². The number of pyridine rings is 1. The van der Waals surface area contributed by atoms with Gasteiger partial charge >= 0.3 is 0 Å². The van der Waals surface area contributed by atoms with E-state index in [1.54, 1.807) is 35.6 Å². The van der Waals surface area contributed by atoms with Gasteiger partial charge in [0.05, 0.1) is 5.02 Å². The third-order valence-corrected chi connectivity index (χ3v) is 3.55. The lowest BCUT2D eigenvalue weighted by molar-refractivity contribution is 0.475. The van der Waals surface area contributed by atoms with E-state index in [0.29, 0.717) is 5.02 Å². The fourth-order valence-electron chi connectivity index (χ4n) is 2.23. The molecule has 0 aliphatic rings. The second-order valence-corrected chi connectivity index (χ2v) is 5.28. The molecule has 0 unspecified atom stereocenters. The number of halogens is 1. The molecule has 6 heteroatoms. The molecular weight excluding hydrogens is 288 g/mol. The molecule has 0 atom stereocenters. The number of phenolic OH excluding ortho intramolecular Hbond substituents is 1. The molecule has 1 N–H and O–H groups in total. The molecule has 0 bridgehead atoms. The van der Waals surface area contributed by atoms with Gasteiger partial charge in [-0.25, -0.2) is 4.98 Å². The van der Waals surface area contributed by atoms with Crippen LogP contribution in [0.25, 0.3) is 16.9 Å². The van der Waals surface area contributed by atoms with Crippen molar-refractivity contribution in [3.8, 4) is 22.7 Å². The lowest BCUT2D eigenvalue weighted by atomic mass is 9.99. The van der Waals surface area contributed by atoms with Crippen LogP contribution in [0.5, 0.6) is 5.75 Å². The van der Waals surface area contributed by atoms with Crippen LogP contribution >= 0.6 is 11.6 Å². The second-order valence-electron chi connectivity index (χ2n) is 4.87. The van der Waals surface area contributed by atoms with Gasteiger partial charge in [-0.2, -0.15) is 0 Å². The van der Waals surface area contributed by atoms with E-state index < -0.39 is 0 Å². The summed E-state index contributed by atoms with van der Waals surface area (Å²) in [6.07, 6.45) is 4.98. The number of phenols is 1. The SMILES string of the molecule is Cc1cnc(-n2cnnc2)c(-c2cc(Cl)c(O)cc2C)c1. The van der Waals surface area contributed by atoms with Crippen LogP contribution in [0.1, 0.15) is 11.1 Å². The van der Waals surface area contributed by atoms with E-state index >= 15 is 0 Å². The molecule has 21 heavy (non-hydrogen) atoms. The molecule has 0 saturated carbocycles. The van der Waals surface area contributed by atoms with Crippen molar-refractivity contribution in [1.29, 1.82) is 0 Å². The Morgan fingerprint density at radius 2 is 1.76 bits per heavy atom. The van der Waals surface area contributed by atoms with E-state index in [4.69, 9.17) is 11.6 Å². The standard InChI is InChI=1S/C15H13ClN4O/c1-9-3-12(11-5-13(16)14(21)4-10(11)2)15(17-6-9)20-7-18-19-8-20/h3-8,21H,1-2H3. The molecule has 3 aromatic rings. The maximum absolute atomic E-state index is 9.71. The summed E-state index contributed by atoms with van der Waals surface area (Å²) in [6.45, 7) is 3.90. The smallest absolute Gasteiger partial charge is 0.147 e. The topological polar surface area (TPSA) is 63.8 Å². The number of hydrogen-bond acceptors (Lipinski definition) is 4. The van der Waals surface area contributed by atoms with Crippen LogP contribution in [-0.2, 0) is 0 Å². The molecule has 0 aliphatic carbocycles. The van der Waals surface area contributed by atoms with E-state index in [0.717, 1.165) is 28.1 Å². The minimum Gasteiger partial charge on any atom is -0.506 e. The Bertz CT molecular complexity index is 800. The molecule has 0 spiro atoms. The molecule has 0 fully saturated rings. The highest BCUT2D eigenvalue weighted by atomic mass is 35.5. The maximum Gasteiger partial charge on any atom is 0.147 e. The van der Waals surface area contributed by atoms with Crippen LogP contribution < -0.4 is 0 Å². The minimum atomic E-state index is 0.0735. The van der Waals surface area contributed by atoms with Crippen molar-refractivity contribution in [2.24, 2.45) is 0 Å². The zero-order valence-electron chi connectivity index (χ0n) is 11.6. The van der Waals surface area contributed by atoms with Gasteiger partial charge in [0.1, 0.15) is 24.2 Å². The highest BCUT2D eigenvalue weighted by Crippen LogP contribution is 2.35. The van der Waals surface area contributed by atoms with Crippen LogP contribution in [0.15, 0.2) is 37.1 Å². The van der Waals surface area contributed by atoms with E-state index in [1.807, 2.05) is 19.9 Å². The predicted molar refractivity (Wildman–Crippen MR) is 80.7 cm³/mol. The van der Waals surface area contributed by atoms with E-state index in [2.05, 4.69) is 15.2 Å². The Morgan fingerprint density at radius 3 is 2.48 bits per heavy atom. The van der Waals surface area contributed by atoms with Gasteiger partial charge in [0.15, 0.2) is 0 Å². The number of hydrogen-bond donors (Lipinski definition) is 1. The molecule has 5 nitrogen and oxygen atoms in total. The third-order valence-electron chi connectivity index (χ3n) is 3.25. The zero-order valence-corrected chi connectivity index (χ0v) is 12.3. The van der Waals surface area contributed by atoms with Gasteiger partial charge < -0.3 is 5.11 Å². The number of aromatic hydroxyl groups is 1. The lowest BCUT2D eigenvalue weighted by Crippen LogP contribution is -1.99.